The molecule has 28 heavy (non-hydrogen) atoms. The van der Waals surface area contributed by atoms with E-state index in [2.05, 4.69) is 28.1 Å². The second-order valence-electron chi connectivity index (χ2n) is 5.39. The molecule has 0 aromatic heterocycles. The highest BCUT2D eigenvalue weighted by Gasteiger charge is 2.19. The van der Waals surface area contributed by atoms with Crippen molar-refractivity contribution in [3.63, 3.8) is 0 Å². The first kappa shape index (κ1) is 21.1. The Balaban J connectivity index is 2.27. The summed E-state index contributed by atoms with van der Waals surface area (Å²) in [6.45, 7) is 1.35. The highest BCUT2D eigenvalue weighted by molar-refractivity contribution is 7.87. The fourth-order valence-electron chi connectivity index (χ4n) is 2.08. The number of anilines is 1. The van der Waals surface area contributed by atoms with Crippen molar-refractivity contribution in [1.82, 2.24) is 5.43 Å². The van der Waals surface area contributed by atoms with Crippen LogP contribution in [0.4, 0.5) is 5.69 Å². The fourth-order valence-corrected chi connectivity index (χ4v) is 3.07. The van der Waals surface area contributed by atoms with Crippen LogP contribution in [0.1, 0.15) is 12.5 Å². The fraction of sp³-hybridized carbons (Fsp3) is 0.118. The van der Waals surface area contributed by atoms with Crippen LogP contribution < -0.4 is 25.4 Å². The first-order valence-corrected chi connectivity index (χ1v) is 9.61. The zero-order chi connectivity index (χ0) is 20.7. The molecule has 11 heteroatoms. The summed E-state index contributed by atoms with van der Waals surface area (Å²) < 4.78 is 35.5. The van der Waals surface area contributed by atoms with E-state index in [4.69, 9.17) is 14.7 Å². The molecule has 2 aromatic rings. The first-order valence-electron chi connectivity index (χ1n) is 7.80. The van der Waals surface area contributed by atoms with Crippen LogP contribution >= 0.6 is 12.2 Å². The van der Waals surface area contributed by atoms with Gasteiger partial charge in [-0.15, -0.1) is 0 Å². The largest absolute Gasteiger partial charge is 0.493 e. The van der Waals surface area contributed by atoms with Crippen LogP contribution in [0.25, 0.3) is 0 Å². The Morgan fingerprint density at radius 2 is 1.86 bits per heavy atom. The summed E-state index contributed by atoms with van der Waals surface area (Å²) in [7, 11) is -2.75. The number of carbonyl (C=O) groups excluding carboxylic acids is 1. The summed E-state index contributed by atoms with van der Waals surface area (Å²) in [6, 6.07) is 10.2. The number of carbonyl (C=O) groups is 1. The normalized spacial score (nSPS) is 11.1. The maximum atomic E-state index is 12.6. The number of nitrogens with zero attached hydrogens (tertiary/aromatic N) is 1. The van der Waals surface area contributed by atoms with Crippen molar-refractivity contribution >= 4 is 45.3 Å². The monoisotopic (exact) mass is 422 g/mol. The van der Waals surface area contributed by atoms with Gasteiger partial charge in [0.25, 0.3) is 0 Å². The molecule has 0 aliphatic rings. The minimum absolute atomic E-state index is 0.00785. The molecule has 0 unspecified atom stereocenters. The van der Waals surface area contributed by atoms with Crippen LogP contribution in [-0.4, -0.2) is 32.8 Å². The predicted octanol–water partition coefficient (Wildman–Crippen LogP) is 1.59. The van der Waals surface area contributed by atoms with E-state index >= 15 is 0 Å². The van der Waals surface area contributed by atoms with Gasteiger partial charge in [-0.3, -0.25) is 10.2 Å². The van der Waals surface area contributed by atoms with E-state index in [1.165, 1.54) is 56.6 Å². The topological polar surface area (TPSA) is 132 Å². The molecule has 0 saturated carbocycles. The first-order chi connectivity index (χ1) is 13.2. The Hall–Kier alpha value is -3.18. The number of nitrogens with one attached hydrogen (secondary N) is 2. The third-order valence-corrected chi connectivity index (χ3v) is 4.58. The van der Waals surface area contributed by atoms with Crippen molar-refractivity contribution in [1.29, 1.82) is 0 Å². The second kappa shape index (κ2) is 9.15. The lowest BCUT2D eigenvalue weighted by atomic mass is 10.2. The summed E-state index contributed by atoms with van der Waals surface area (Å²) in [5.74, 6) is -0.0643. The minimum atomic E-state index is -4.14. The number of hydrazone groups is 1. The smallest absolute Gasteiger partial charge is 0.339 e. The average molecular weight is 422 g/mol. The van der Waals surface area contributed by atoms with E-state index in [9.17, 15) is 13.2 Å². The van der Waals surface area contributed by atoms with Gasteiger partial charge in [-0.1, -0.05) is 0 Å². The number of hydrogen-bond donors (Lipinski definition) is 3. The van der Waals surface area contributed by atoms with Crippen molar-refractivity contribution < 1.29 is 22.1 Å². The molecule has 0 spiro atoms. The van der Waals surface area contributed by atoms with E-state index in [0.29, 0.717) is 11.3 Å². The van der Waals surface area contributed by atoms with Crippen molar-refractivity contribution in [2.24, 2.45) is 10.8 Å². The molecule has 1 amide bonds. The van der Waals surface area contributed by atoms with Crippen LogP contribution in [0.15, 0.2) is 52.5 Å². The lowest BCUT2D eigenvalue weighted by molar-refractivity contribution is -0.114. The van der Waals surface area contributed by atoms with Crippen LogP contribution in [-0.2, 0) is 14.9 Å². The zero-order valence-electron chi connectivity index (χ0n) is 15.0. The van der Waals surface area contributed by atoms with Gasteiger partial charge in [-0.25, -0.2) is 0 Å². The Morgan fingerprint density at radius 3 is 2.43 bits per heavy atom. The minimum Gasteiger partial charge on any atom is -0.493 e. The standard InChI is InChI=1S/C17H18N4O5S2/c1-11(22)20-13-4-6-14(7-5-13)28(23,24)26-16-9-12(3-8-15(16)25-2)10-19-21-17(18)27/h3-10H,1-2H3,(H,20,22)(H3,18,21,27)/b19-10+. The number of thiocarbonyl (C=S) groups is 1. The number of methoxy groups -OCH3 is 1. The Morgan fingerprint density at radius 1 is 1.18 bits per heavy atom. The van der Waals surface area contributed by atoms with Gasteiger partial charge < -0.3 is 20.0 Å². The molecule has 2 aromatic carbocycles. The lowest BCUT2D eigenvalue weighted by Crippen LogP contribution is -2.23. The van der Waals surface area contributed by atoms with Crippen molar-refractivity contribution in [2.45, 2.75) is 11.8 Å². The number of rotatable bonds is 7. The zero-order valence-corrected chi connectivity index (χ0v) is 16.6. The van der Waals surface area contributed by atoms with E-state index in [1.54, 1.807) is 6.07 Å². The Kier molecular flexibility index (Phi) is 6.90. The molecule has 0 aliphatic carbocycles. The number of amides is 1. The van der Waals surface area contributed by atoms with E-state index in [1.807, 2.05) is 0 Å². The molecule has 0 bridgehead atoms. The highest BCUT2D eigenvalue weighted by atomic mass is 32.2. The molecule has 0 heterocycles. The molecule has 0 atom stereocenters. The van der Waals surface area contributed by atoms with Gasteiger partial charge in [0.15, 0.2) is 16.6 Å². The third kappa shape index (κ3) is 5.93. The third-order valence-electron chi connectivity index (χ3n) is 3.24. The van der Waals surface area contributed by atoms with Gasteiger partial charge in [-0.05, 0) is 60.2 Å². The molecular formula is C17H18N4O5S2. The van der Waals surface area contributed by atoms with Crippen molar-refractivity contribution in [3.05, 3.63) is 48.0 Å². The van der Waals surface area contributed by atoms with Crippen LogP contribution in [0.2, 0.25) is 0 Å². The summed E-state index contributed by atoms with van der Waals surface area (Å²) in [6.07, 6.45) is 1.39. The average Bonchev–Trinajstić information content (AvgIpc) is 2.61. The summed E-state index contributed by atoms with van der Waals surface area (Å²) >= 11 is 4.64. The molecule has 0 aliphatic heterocycles. The molecule has 9 nitrogen and oxygen atoms in total. The molecule has 2 rings (SSSR count). The van der Waals surface area contributed by atoms with Crippen LogP contribution in [0.3, 0.4) is 0 Å². The van der Waals surface area contributed by atoms with Crippen LogP contribution in [0.5, 0.6) is 11.5 Å². The summed E-state index contributed by atoms with van der Waals surface area (Å²) in [5, 5.41) is 6.35. The van der Waals surface area contributed by atoms with Gasteiger partial charge in [0.05, 0.1) is 13.3 Å². The molecule has 4 N–H and O–H groups in total. The lowest BCUT2D eigenvalue weighted by Gasteiger charge is -2.12. The van der Waals surface area contributed by atoms with Gasteiger partial charge in [-0.2, -0.15) is 13.5 Å². The van der Waals surface area contributed by atoms with E-state index in [0.717, 1.165) is 0 Å². The van der Waals surface area contributed by atoms with E-state index in [-0.39, 0.29) is 27.4 Å². The molecule has 0 saturated heterocycles. The van der Waals surface area contributed by atoms with Gasteiger partial charge in [0, 0.05) is 12.6 Å². The molecule has 148 valence electrons. The second-order valence-corrected chi connectivity index (χ2v) is 7.37. The van der Waals surface area contributed by atoms with Gasteiger partial charge >= 0.3 is 10.1 Å². The van der Waals surface area contributed by atoms with Gasteiger partial charge in [0.1, 0.15) is 4.90 Å². The highest BCUT2D eigenvalue weighted by Crippen LogP contribution is 2.30. The number of nitrogens with two attached hydrogens (primary N) is 1. The predicted molar refractivity (Wildman–Crippen MR) is 109 cm³/mol. The Bertz CT molecular complexity index is 1000. The number of ether oxygens (including phenoxy) is 1. The van der Waals surface area contributed by atoms with Crippen LogP contribution in [0, 0.1) is 0 Å². The molecule has 0 fully saturated rings. The number of hydrogen-bond acceptors (Lipinski definition) is 7. The summed E-state index contributed by atoms with van der Waals surface area (Å²) in [4.78, 5) is 11.0. The quantitative estimate of drug-likeness (QED) is 0.265. The maximum absolute atomic E-state index is 12.6. The van der Waals surface area contributed by atoms with Crippen molar-refractivity contribution in [2.75, 3.05) is 12.4 Å². The molecule has 0 radical (unpaired) electrons. The molecular weight excluding hydrogens is 404 g/mol. The SMILES string of the molecule is COc1ccc(/C=N/NC(N)=S)cc1OS(=O)(=O)c1ccc(NC(C)=O)cc1. The number of benzene rings is 2. The maximum Gasteiger partial charge on any atom is 0.339 e. The Labute approximate surface area is 167 Å². The van der Waals surface area contributed by atoms with Gasteiger partial charge in [0.2, 0.25) is 5.91 Å². The van der Waals surface area contributed by atoms with Crippen molar-refractivity contribution in [3.8, 4) is 11.5 Å². The summed E-state index contributed by atoms with van der Waals surface area (Å²) in [5.41, 5.74) is 8.66. The van der Waals surface area contributed by atoms with E-state index < -0.39 is 10.1 Å².